The summed E-state index contributed by atoms with van der Waals surface area (Å²) in [4.78, 5) is 34.4. The molecular weight excluding hydrogens is 386 g/mol. The molecule has 138 valence electrons. The molecule has 1 amide bonds. The molecule has 1 aliphatic carbocycles. The van der Waals surface area contributed by atoms with Gasteiger partial charge in [0.05, 0.1) is 22.6 Å². The third-order valence-electron chi connectivity index (χ3n) is 4.81. The fraction of sp³-hybridized carbons (Fsp3) is 0.278. The monoisotopic (exact) mass is 401 g/mol. The highest BCUT2D eigenvalue weighted by Gasteiger charge is 2.59. The Kier molecular flexibility index (Phi) is 4.76. The molecule has 1 saturated carbocycles. The number of halogens is 1. The van der Waals surface area contributed by atoms with Crippen molar-refractivity contribution in [1.82, 2.24) is 9.97 Å². The van der Waals surface area contributed by atoms with E-state index in [0.29, 0.717) is 29.3 Å². The van der Waals surface area contributed by atoms with Crippen molar-refractivity contribution in [2.24, 2.45) is 0 Å². The molecule has 2 aliphatic rings. The Balaban J connectivity index is 0.00000210. The number of pyridine rings is 2. The van der Waals surface area contributed by atoms with Crippen LogP contribution in [-0.4, -0.2) is 26.5 Å². The number of hydrogen-bond acceptors (Lipinski definition) is 5. The van der Waals surface area contributed by atoms with E-state index in [1.54, 1.807) is 17.2 Å². The largest absolute Gasteiger partial charge is 0.327 e. The number of carbonyl (C=O) groups excluding carboxylic acids is 1. The topological polar surface area (TPSA) is 93.1 Å². The first kappa shape index (κ1) is 19.0. The Labute approximate surface area is 166 Å². The summed E-state index contributed by atoms with van der Waals surface area (Å²) in [5.41, 5.74) is 0.173. The van der Waals surface area contributed by atoms with E-state index in [-0.39, 0.29) is 29.6 Å². The number of nitriles is 1. The summed E-state index contributed by atoms with van der Waals surface area (Å²) in [6.45, 7) is 0. The number of rotatable bonds is 2. The van der Waals surface area contributed by atoms with Gasteiger partial charge in [0.15, 0.2) is 10.8 Å². The van der Waals surface area contributed by atoms with Gasteiger partial charge in [0.25, 0.3) is 5.91 Å². The van der Waals surface area contributed by atoms with Crippen molar-refractivity contribution in [3.8, 4) is 6.07 Å². The molecule has 1 saturated heterocycles. The maximum absolute atomic E-state index is 13.2. The summed E-state index contributed by atoms with van der Waals surface area (Å²) in [6.07, 6.45) is 5.21. The van der Waals surface area contributed by atoms with Crippen LogP contribution in [0.1, 0.15) is 32.4 Å². The van der Waals surface area contributed by atoms with E-state index in [0.717, 1.165) is 6.42 Å². The van der Waals surface area contributed by atoms with E-state index in [1.165, 1.54) is 23.2 Å². The molecule has 0 atom stereocenters. The SMILES string of the molecule is C.N#Cc1ncc(N2C(=O)C3(CCC3)N(c3ccc(=O)[nH]c3)C2=S)cc1Cl. The summed E-state index contributed by atoms with van der Waals surface area (Å²) in [6, 6.07) is 6.45. The smallest absolute Gasteiger partial charge is 0.259 e. The van der Waals surface area contributed by atoms with Crippen LogP contribution in [-0.2, 0) is 4.79 Å². The molecule has 7 nitrogen and oxygen atoms in total. The van der Waals surface area contributed by atoms with Crippen molar-refractivity contribution in [2.75, 3.05) is 9.80 Å². The molecule has 1 aliphatic heterocycles. The molecule has 2 aromatic heterocycles. The normalized spacial score (nSPS) is 17.5. The van der Waals surface area contributed by atoms with Crippen LogP contribution in [0.3, 0.4) is 0 Å². The molecule has 0 bridgehead atoms. The quantitative estimate of drug-likeness (QED) is 0.777. The zero-order chi connectivity index (χ0) is 18.5. The van der Waals surface area contributed by atoms with E-state index >= 15 is 0 Å². The lowest BCUT2D eigenvalue weighted by Crippen LogP contribution is -2.55. The molecule has 1 N–H and O–H groups in total. The van der Waals surface area contributed by atoms with Crippen LogP contribution in [0, 0.1) is 11.3 Å². The maximum Gasteiger partial charge on any atom is 0.259 e. The minimum atomic E-state index is -0.754. The van der Waals surface area contributed by atoms with Crippen molar-refractivity contribution >= 4 is 46.2 Å². The third-order valence-corrected chi connectivity index (χ3v) is 5.46. The molecule has 2 aromatic rings. The molecule has 0 unspecified atom stereocenters. The first-order valence-electron chi connectivity index (χ1n) is 7.91. The van der Waals surface area contributed by atoms with E-state index in [4.69, 9.17) is 29.1 Å². The third kappa shape index (κ3) is 2.71. The number of aromatic amines is 1. The van der Waals surface area contributed by atoms with Crippen LogP contribution in [0.4, 0.5) is 11.4 Å². The highest BCUT2D eigenvalue weighted by atomic mass is 35.5. The Hall–Kier alpha value is -2.76. The number of aromatic nitrogens is 2. The summed E-state index contributed by atoms with van der Waals surface area (Å²) in [5.74, 6) is -0.150. The Morgan fingerprint density at radius 1 is 1.30 bits per heavy atom. The van der Waals surface area contributed by atoms with Crippen LogP contribution in [0.2, 0.25) is 5.02 Å². The van der Waals surface area contributed by atoms with Gasteiger partial charge in [0, 0.05) is 12.3 Å². The number of amides is 1. The molecule has 1 spiro atoms. The average Bonchev–Trinajstić information content (AvgIpc) is 2.83. The lowest BCUT2D eigenvalue weighted by molar-refractivity contribution is -0.123. The van der Waals surface area contributed by atoms with E-state index < -0.39 is 5.54 Å². The highest BCUT2D eigenvalue weighted by Crippen LogP contribution is 2.47. The van der Waals surface area contributed by atoms with Crippen LogP contribution in [0.25, 0.3) is 0 Å². The first-order chi connectivity index (χ1) is 12.5. The maximum atomic E-state index is 13.2. The van der Waals surface area contributed by atoms with Gasteiger partial charge in [-0.05, 0) is 43.6 Å². The molecule has 0 aromatic carbocycles. The van der Waals surface area contributed by atoms with Gasteiger partial charge < -0.3 is 9.88 Å². The second kappa shape index (κ2) is 6.76. The van der Waals surface area contributed by atoms with Crippen LogP contribution in [0.5, 0.6) is 0 Å². The van der Waals surface area contributed by atoms with E-state index in [1.807, 2.05) is 6.07 Å². The zero-order valence-corrected chi connectivity index (χ0v) is 15.0. The average molecular weight is 402 g/mol. The predicted octanol–water partition coefficient (Wildman–Crippen LogP) is 2.99. The zero-order valence-electron chi connectivity index (χ0n) is 13.4. The van der Waals surface area contributed by atoms with E-state index in [2.05, 4.69) is 9.97 Å². The second-order valence-electron chi connectivity index (χ2n) is 6.19. The first-order valence-corrected chi connectivity index (χ1v) is 8.70. The van der Waals surface area contributed by atoms with Crippen LogP contribution < -0.4 is 15.4 Å². The van der Waals surface area contributed by atoms with Crippen LogP contribution in [0.15, 0.2) is 35.4 Å². The fourth-order valence-electron chi connectivity index (χ4n) is 3.38. The van der Waals surface area contributed by atoms with Gasteiger partial charge in [-0.25, -0.2) is 4.98 Å². The number of anilines is 2. The van der Waals surface area contributed by atoms with Gasteiger partial charge in [0.2, 0.25) is 5.56 Å². The Bertz CT molecular complexity index is 1020. The number of hydrogen-bond donors (Lipinski definition) is 1. The summed E-state index contributed by atoms with van der Waals surface area (Å²) < 4.78 is 0. The van der Waals surface area contributed by atoms with Gasteiger partial charge in [-0.3, -0.25) is 14.5 Å². The molecule has 3 heterocycles. The van der Waals surface area contributed by atoms with Gasteiger partial charge >= 0.3 is 0 Å². The molecule has 2 fully saturated rings. The van der Waals surface area contributed by atoms with Crippen LogP contribution >= 0.6 is 23.8 Å². The molecular formula is C18H16ClN5O2S. The highest BCUT2D eigenvalue weighted by molar-refractivity contribution is 7.81. The van der Waals surface area contributed by atoms with Crippen molar-refractivity contribution in [1.29, 1.82) is 5.26 Å². The van der Waals surface area contributed by atoms with Crippen molar-refractivity contribution in [3.63, 3.8) is 0 Å². The molecule has 27 heavy (non-hydrogen) atoms. The summed E-state index contributed by atoms with van der Waals surface area (Å²) in [7, 11) is 0. The predicted molar refractivity (Wildman–Crippen MR) is 107 cm³/mol. The lowest BCUT2D eigenvalue weighted by atomic mass is 9.75. The van der Waals surface area contributed by atoms with Gasteiger partial charge in [-0.1, -0.05) is 19.0 Å². The lowest BCUT2D eigenvalue weighted by Gasteiger charge is -2.42. The summed E-state index contributed by atoms with van der Waals surface area (Å²) in [5, 5.41) is 9.44. The Morgan fingerprint density at radius 2 is 2.04 bits per heavy atom. The molecule has 0 radical (unpaired) electrons. The minimum absolute atomic E-state index is 0. The van der Waals surface area contributed by atoms with Gasteiger partial charge in [-0.2, -0.15) is 5.26 Å². The number of nitrogens with zero attached hydrogens (tertiary/aromatic N) is 4. The number of thiocarbonyl (C=S) groups is 1. The fourth-order valence-corrected chi connectivity index (χ4v) is 4.05. The second-order valence-corrected chi connectivity index (χ2v) is 6.96. The number of carbonyl (C=O) groups is 1. The Morgan fingerprint density at radius 3 is 2.56 bits per heavy atom. The van der Waals surface area contributed by atoms with Gasteiger partial charge in [-0.15, -0.1) is 0 Å². The summed E-state index contributed by atoms with van der Waals surface area (Å²) >= 11 is 11.7. The van der Waals surface area contributed by atoms with E-state index in [9.17, 15) is 9.59 Å². The van der Waals surface area contributed by atoms with Crippen molar-refractivity contribution in [2.45, 2.75) is 32.2 Å². The number of H-pyrrole nitrogens is 1. The minimum Gasteiger partial charge on any atom is -0.327 e. The molecule has 9 heteroatoms. The number of nitrogens with one attached hydrogen (secondary N) is 1. The standard InChI is InChI=1S/C17H12ClN5O2S.CH4/c18-12-6-11(9-20-13(12)7-19)22-15(25)17(4-1-5-17)23(16(22)26)10-2-3-14(24)21-8-10;/h2-3,6,8-9H,1,4-5H2,(H,21,24);1H4. The van der Waals surface area contributed by atoms with Crippen molar-refractivity contribution in [3.05, 3.63) is 51.7 Å². The van der Waals surface area contributed by atoms with Crippen molar-refractivity contribution < 1.29 is 4.79 Å². The molecule has 4 rings (SSSR count). The van der Waals surface area contributed by atoms with Gasteiger partial charge in [0.1, 0.15) is 11.6 Å².